The maximum Gasteiger partial charge on any atom is 0.417 e. The summed E-state index contributed by atoms with van der Waals surface area (Å²) in [6, 6.07) is 6.67. The maximum absolute atomic E-state index is 14.6. The second-order valence-electron chi connectivity index (χ2n) is 11.8. The van der Waals surface area contributed by atoms with Crippen LogP contribution in [0.15, 0.2) is 35.3 Å². The van der Waals surface area contributed by atoms with Gasteiger partial charge in [-0.2, -0.15) is 13.2 Å². The number of hydrogen-bond acceptors (Lipinski definition) is 5. The molecule has 0 bridgehead atoms. The van der Waals surface area contributed by atoms with E-state index in [1.807, 2.05) is 37.5 Å². The molecule has 4 heterocycles. The lowest BCUT2D eigenvalue weighted by Crippen LogP contribution is -2.20. The van der Waals surface area contributed by atoms with E-state index in [1.54, 1.807) is 30.2 Å². The fourth-order valence-corrected chi connectivity index (χ4v) is 6.74. The van der Waals surface area contributed by atoms with Crippen LogP contribution >= 0.6 is 11.3 Å². The minimum absolute atomic E-state index is 0.0736. The van der Waals surface area contributed by atoms with Crippen molar-refractivity contribution in [3.63, 3.8) is 0 Å². The summed E-state index contributed by atoms with van der Waals surface area (Å²) in [7, 11) is 3.49. The van der Waals surface area contributed by atoms with Crippen LogP contribution in [0.25, 0.3) is 38.2 Å². The Morgan fingerprint density at radius 3 is 2.32 bits per heavy atom. The van der Waals surface area contributed by atoms with E-state index in [1.165, 1.54) is 29.7 Å². The van der Waals surface area contributed by atoms with Crippen molar-refractivity contribution >= 4 is 33.4 Å². The summed E-state index contributed by atoms with van der Waals surface area (Å²) in [6.45, 7) is 9.01. The first-order valence-electron chi connectivity index (χ1n) is 13.6. The fraction of sp³-hybridized carbons (Fsp3) is 0.433. The van der Waals surface area contributed by atoms with Crippen molar-refractivity contribution in [2.24, 2.45) is 14.1 Å². The zero-order valence-corrected chi connectivity index (χ0v) is 24.7. The maximum atomic E-state index is 14.6. The van der Waals surface area contributed by atoms with Crippen molar-refractivity contribution in [2.45, 2.75) is 58.0 Å². The van der Waals surface area contributed by atoms with Crippen molar-refractivity contribution in [2.75, 3.05) is 13.2 Å². The zero-order valence-electron chi connectivity index (χ0n) is 23.9. The largest absolute Gasteiger partial charge is 0.417 e. The number of hydrogen-bond donors (Lipinski definition) is 0. The van der Waals surface area contributed by atoms with Crippen LogP contribution in [0.5, 0.6) is 0 Å². The van der Waals surface area contributed by atoms with Gasteiger partial charge >= 0.3 is 11.9 Å². The highest BCUT2D eigenvalue weighted by Gasteiger charge is 2.36. The Morgan fingerprint density at radius 1 is 1.00 bits per heavy atom. The number of halogens is 3. The standard InChI is InChI=1S/C30H32F3N5O2S/c1-16-34-15-25(41-16)20-13-22-23(14-21(20)30(31,32)33)38(27(35-22)29(2,3)4)18-11-19(17-7-9-40-10-8-17)26-24(12-18)36(5)28(39)37(26)6/h11-15,17H,7-10H2,1-6H3. The average molecular weight is 584 g/mol. The number of ether oxygens (including phenoxy) is 1. The number of benzene rings is 2. The third-order valence-electron chi connectivity index (χ3n) is 7.95. The van der Waals surface area contributed by atoms with E-state index in [-0.39, 0.29) is 17.2 Å². The van der Waals surface area contributed by atoms with E-state index >= 15 is 0 Å². The van der Waals surface area contributed by atoms with Crippen molar-refractivity contribution < 1.29 is 17.9 Å². The molecule has 11 heteroatoms. The van der Waals surface area contributed by atoms with E-state index in [0.29, 0.717) is 45.6 Å². The fourth-order valence-electron chi connectivity index (χ4n) is 5.93. The molecular weight excluding hydrogens is 551 g/mol. The average Bonchev–Trinajstić information content (AvgIpc) is 3.58. The van der Waals surface area contributed by atoms with Crippen LogP contribution in [0.4, 0.5) is 13.2 Å². The van der Waals surface area contributed by atoms with Crippen molar-refractivity contribution in [3.8, 4) is 16.1 Å². The van der Waals surface area contributed by atoms with E-state index in [4.69, 9.17) is 9.72 Å². The summed E-state index contributed by atoms with van der Waals surface area (Å²) < 4.78 is 54.4. The Kier molecular flexibility index (Phi) is 6.46. The number of aryl methyl sites for hydroxylation is 3. The molecule has 7 nitrogen and oxygen atoms in total. The number of aromatic nitrogens is 5. The van der Waals surface area contributed by atoms with Crippen LogP contribution in [0, 0.1) is 6.92 Å². The van der Waals surface area contributed by atoms with Gasteiger partial charge in [0.05, 0.1) is 37.5 Å². The van der Waals surface area contributed by atoms with Gasteiger partial charge in [-0.05, 0) is 55.5 Å². The third kappa shape index (κ3) is 4.59. The number of fused-ring (bicyclic) bond motifs is 2. The Bertz CT molecular complexity index is 1860. The van der Waals surface area contributed by atoms with Gasteiger partial charge in [-0.1, -0.05) is 20.8 Å². The van der Waals surface area contributed by atoms with Gasteiger partial charge < -0.3 is 4.74 Å². The summed E-state index contributed by atoms with van der Waals surface area (Å²) in [6.07, 6.45) is -1.50. The zero-order chi connectivity index (χ0) is 29.4. The van der Waals surface area contributed by atoms with Gasteiger partial charge in [0, 0.05) is 50.2 Å². The first-order valence-corrected chi connectivity index (χ1v) is 14.4. The first-order chi connectivity index (χ1) is 19.3. The van der Waals surface area contributed by atoms with Gasteiger partial charge in [-0.25, -0.2) is 14.8 Å². The quantitative estimate of drug-likeness (QED) is 0.233. The highest BCUT2D eigenvalue weighted by Crippen LogP contribution is 2.43. The van der Waals surface area contributed by atoms with Crippen LogP contribution in [0.1, 0.15) is 61.5 Å². The van der Waals surface area contributed by atoms with E-state index in [0.717, 1.165) is 29.4 Å². The molecule has 41 heavy (non-hydrogen) atoms. The van der Waals surface area contributed by atoms with E-state index < -0.39 is 17.2 Å². The molecule has 3 aromatic heterocycles. The second kappa shape index (κ2) is 9.55. The molecule has 1 aliphatic rings. The second-order valence-corrected chi connectivity index (χ2v) is 13.1. The lowest BCUT2D eigenvalue weighted by Gasteiger charge is -2.25. The molecule has 1 aliphatic heterocycles. The van der Waals surface area contributed by atoms with Crippen molar-refractivity contribution in [1.29, 1.82) is 0 Å². The monoisotopic (exact) mass is 583 g/mol. The van der Waals surface area contributed by atoms with Crippen molar-refractivity contribution in [3.05, 3.63) is 62.9 Å². The molecule has 216 valence electrons. The Balaban J connectivity index is 1.71. The normalized spacial score (nSPS) is 15.4. The highest BCUT2D eigenvalue weighted by molar-refractivity contribution is 7.15. The van der Waals surface area contributed by atoms with E-state index in [2.05, 4.69) is 4.98 Å². The Morgan fingerprint density at radius 2 is 1.71 bits per heavy atom. The summed E-state index contributed by atoms with van der Waals surface area (Å²) in [5.74, 6) is 0.787. The minimum atomic E-state index is -4.58. The number of alkyl halides is 3. The number of imidazole rings is 2. The van der Waals surface area contributed by atoms with Gasteiger partial charge in [-0.15, -0.1) is 11.3 Å². The Hall–Kier alpha value is -3.44. The molecule has 0 unspecified atom stereocenters. The topological polar surface area (TPSA) is 66.9 Å². The summed E-state index contributed by atoms with van der Waals surface area (Å²) >= 11 is 1.23. The SMILES string of the molecule is Cc1ncc(-c2cc3nc(C(C)(C)C)n(-c4cc(C5CCOCC5)c5c(c4)n(C)c(=O)n5C)c3cc2C(F)(F)F)s1. The molecule has 1 fully saturated rings. The summed E-state index contributed by atoms with van der Waals surface area (Å²) in [5, 5.41) is 0.691. The molecule has 2 aromatic carbocycles. The molecule has 6 rings (SSSR count). The first kappa shape index (κ1) is 27.7. The molecule has 0 atom stereocenters. The van der Waals surface area contributed by atoms with Gasteiger partial charge in [-0.3, -0.25) is 13.7 Å². The molecule has 0 amide bonds. The minimum Gasteiger partial charge on any atom is -0.381 e. The predicted molar refractivity (Wildman–Crippen MR) is 155 cm³/mol. The van der Waals surface area contributed by atoms with Crippen LogP contribution in [-0.4, -0.2) is 36.9 Å². The van der Waals surface area contributed by atoms with Crippen molar-refractivity contribution in [1.82, 2.24) is 23.7 Å². The van der Waals surface area contributed by atoms with Crippen LogP contribution < -0.4 is 5.69 Å². The smallest absolute Gasteiger partial charge is 0.381 e. The molecule has 1 saturated heterocycles. The van der Waals surface area contributed by atoms with Gasteiger partial charge in [0.2, 0.25) is 0 Å². The van der Waals surface area contributed by atoms with Gasteiger partial charge in [0.25, 0.3) is 0 Å². The molecule has 0 radical (unpaired) electrons. The van der Waals surface area contributed by atoms with Gasteiger partial charge in [0.1, 0.15) is 5.82 Å². The molecule has 5 aromatic rings. The summed E-state index contributed by atoms with van der Waals surface area (Å²) in [4.78, 5) is 22.6. The molecular formula is C30H32F3N5O2S. The lowest BCUT2D eigenvalue weighted by molar-refractivity contribution is -0.137. The third-order valence-corrected chi connectivity index (χ3v) is 8.90. The van der Waals surface area contributed by atoms with Crippen LogP contribution in [0.3, 0.4) is 0 Å². The lowest BCUT2D eigenvalue weighted by atomic mass is 9.90. The predicted octanol–water partition coefficient (Wildman–Crippen LogP) is 6.86. The molecule has 0 spiro atoms. The highest BCUT2D eigenvalue weighted by atomic mass is 32.1. The molecule has 0 saturated carbocycles. The van der Waals surface area contributed by atoms with Crippen LogP contribution in [-0.2, 0) is 30.4 Å². The number of thiazole rings is 1. The Labute approximate surface area is 239 Å². The molecule has 0 N–H and O–H groups in total. The molecule has 0 aliphatic carbocycles. The van der Waals surface area contributed by atoms with Crippen LogP contribution in [0.2, 0.25) is 0 Å². The number of rotatable bonds is 3. The van der Waals surface area contributed by atoms with Gasteiger partial charge in [0.15, 0.2) is 0 Å². The van der Waals surface area contributed by atoms with E-state index in [9.17, 15) is 18.0 Å². The summed E-state index contributed by atoms with van der Waals surface area (Å²) in [5.41, 5.74) is 2.79. The number of nitrogens with zero attached hydrogens (tertiary/aromatic N) is 5.